The van der Waals surface area contributed by atoms with E-state index in [0.717, 1.165) is 11.3 Å². The molecule has 31 heavy (non-hydrogen) atoms. The van der Waals surface area contributed by atoms with Crippen molar-refractivity contribution in [3.63, 3.8) is 0 Å². The molecule has 4 heterocycles. The van der Waals surface area contributed by atoms with Crippen LogP contribution in [0.4, 0.5) is 5.13 Å². The van der Waals surface area contributed by atoms with Crippen LogP contribution in [0.5, 0.6) is 5.75 Å². The highest BCUT2D eigenvalue weighted by molar-refractivity contribution is 7.15. The molecule has 0 saturated carbocycles. The Kier molecular flexibility index (Phi) is 4.55. The largest absolute Gasteiger partial charge is 0.507 e. The van der Waals surface area contributed by atoms with Gasteiger partial charge >= 0.3 is 5.91 Å². The van der Waals surface area contributed by atoms with E-state index in [-0.39, 0.29) is 17.4 Å². The smallest absolute Gasteiger partial charge is 0.301 e. The highest BCUT2D eigenvalue weighted by atomic mass is 32.1. The van der Waals surface area contributed by atoms with Gasteiger partial charge in [0.2, 0.25) is 5.13 Å². The topological polar surface area (TPSA) is 106 Å². The van der Waals surface area contributed by atoms with Gasteiger partial charge in [-0.25, -0.2) is 0 Å². The summed E-state index contributed by atoms with van der Waals surface area (Å²) < 4.78 is 5.72. The zero-order valence-corrected chi connectivity index (χ0v) is 17.6. The van der Waals surface area contributed by atoms with Crippen molar-refractivity contribution in [3.8, 4) is 5.75 Å². The maximum absolute atomic E-state index is 13.1. The molecule has 1 amide bonds. The van der Waals surface area contributed by atoms with Crippen LogP contribution in [0.2, 0.25) is 0 Å². The predicted molar refractivity (Wildman–Crippen MR) is 114 cm³/mol. The predicted octanol–water partition coefficient (Wildman–Crippen LogP) is 3.19. The lowest BCUT2D eigenvalue weighted by Gasteiger charge is -2.22. The Balaban J connectivity index is 1.68. The maximum Gasteiger partial charge on any atom is 0.301 e. The van der Waals surface area contributed by atoms with Crippen LogP contribution in [0.25, 0.3) is 5.76 Å². The average Bonchev–Trinajstić information content (AvgIpc) is 3.43. The minimum atomic E-state index is -0.857. The zero-order valence-electron chi connectivity index (χ0n) is 16.8. The summed E-state index contributed by atoms with van der Waals surface area (Å²) in [7, 11) is 0. The number of benzene rings is 1. The van der Waals surface area contributed by atoms with Gasteiger partial charge in [0.25, 0.3) is 5.78 Å². The molecule has 0 bridgehead atoms. The third-order valence-corrected chi connectivity index (χ3v) is 6.17. The van der Waals surface area contributed by atoms with Crippen LogP contribution in [-0.4, -0.2) is 38.1 Å². The summed E-state index contributed by atoms with van der Waals surface area (Å²) in [6, 6.07) is 7.89. The van der Waals surface area contributed by atoms with E-state index in [9.17, 15) is 14.7 Å². The molecule has 1 fully saturated rings. The van der Waals surface area contributed by atoms with Gasteiger partial charge in [-0.3, -0.25) is 19.5 Å². The number of nitrogens with zero attached hydrogens (tertiary/aromatic N) is 4. The number of carbonyl (C=O) groups is 2. The molecule has 1 saturated heterocycles. The molecule has 8 nitrogen and oxygen atoms in total. The fourth-order valence-corrected chi connectivity index (χ4v) is 4.71. The number of carbonyl (C=O) groups excluding carboxylic acids is 2. The van der Waals surface area contributed by atoms with Crippen LogP contribution in [0.1, 0.15) is 34.7 Å². The van der Waals surface area contributed by atoms with Gasteiger partial charge in [-0.1, -0.05) is 17.4 Å². The van der Waals surface area contributed by atoms with Crippen molar-refractivity contribution in [1.29, 1.82) is 0 Å². The molecule has 2 aromatic heterocycles. The summed E-state index contributed by atoms with van der Waals surface area (Å²) in [5, 5.41) is 20.2. The van der Waals surface area contributed by atoms with Crippen LogP contribution in [-0.2, 0) is 16.0 Å². The number of aromatic nitrogens is 3. The minimum absolute atomic E-state index is 0.00207. The number of anilines is 1. The fourth-order valence-electron chi connectivity index (χ4n) is 3.99. The SMILES string of the molecule is Cc1nnc(N2C(=O)C(=O)C(=C(O)c3ccc4c(c3)C[C@@H](C)O4)[C@H]2c2cccnc2)s1. The first-order valence-electron chi connectivity index (χ1n) is 9.75. The molecule has 0 aliphatic carbocycles. The standard InChI is InChI=1S/C22H18N4O4S/c1-11-8-15-9-13(5-6-16(15)30-11)19(27)17-18(14-4-3-7-23-10-14)26(21(29)20(17)28)22-25-24-12(2)31-22/h3-7,9-11,18,27H,8H2,1-2H3/t11-,18-/m1/s1. The number of rotatable bonds is 3. The molecule has 156 valence electrons. The maximum atomic E-state index is 13.1. The molecule has 0 unspecified atom stereocenters. The van der Waals surface area contributed by atoms with Crippen LogP contribution >= 0.6 is 11.3 Å². The number of fused-ring (bicyclic) bond motifs is 1. The number of ether oxygens (including phenoxy) is 1. The van der Waals surface area contributed by atoms with Gasteiger partial charge in [0.05, 0.1) is 11.6 Å². The minimum Gasteiger partial charge on any atom is -0.507 e. The normalized spacial score (nSPS) is 21.9. The summed E-state index contributed by atoms with van der Waals surface area (Å²) in [6.07, 6.45) is 3.94. The molecular weight excluding hydrogens is 416 g/mol. The Morgan fingerprint density at radius 3 is 2.81 bits per heavy atom. The molecule has 1 aromatic carbocycles. The van der Waals surface area contributed by atoms with Crippen molar-refractivity contribution in [2.45, 2.75) is 32.4 Å². The van der Waals surface area contributed by atoms with Gasteiger partial charge in [0.1, 0.15) is 22.6 Å². The summed E-state index contributed by atoms with van der Waals surface area (Å²) >= 11 is 1.20. The number of ketones is 1. The van der Waals surface area contributed by atoms with Gasteiger partial charge in [0.15, 0.2) is 0 Å². The molecule has 0 radical (unpaired) electrons. The number of pyridine rings is 1. The van der Waals surface area contributed by atoms with Crippen LogP contribution in [0.15, 0.2) is 48.3 Å². The average molecular weight is 434 g/mol. The second-order valence-electron chi connectivity index (χ2n) is 7.51. The van der Waals surface area contributed by atoms with Crippen LogP contribution in [0.3, 0.4) is 0 Å². The summed E-state index contributed by atoms with van der Waals surface area (Å²) in [4.78, 5) is 31.5. The lowest BCUT2D eigenvalue weighted by molar-refractivity contribution is -0.132. The summed E-state index contributed by atoms with van der Waals surface area (Å²) in [5.41, 5.74) is 1.99. The van der Waals surface area contributed by atoms with Gasteiger partial charge in [-0.15, -0.1) is 10.2 Å². The molecule has 2 aliphatic rings. The second kappa shape index (κ2) is 7.28. The van der Waals surface area contributed by atoms with Crippen LogP contribution in [0, 0.1) is 6.92 Å². The molecule has 1 N–H and O–H groups in total. The Bertz CT molecular complexity index is 1240. The summed E-state index contributed by atoms with van der Waals surface area (Å²) in [5.74, 6) is -1.01. The Morgan fingerprint density at radius 1 is 1.26 bits per heavy atom. The van der Waals surface area contributed by atoms with E-state index in [0.29, 0.717) is 27.7 Å². The van der Waals surface area contributed by atoms with Crippen molar-refractivity contribution in [3.05, 3.63) is 70.0 Å². The van der Waals surface area contributed by atoms with Crippen molar-refractivity contribution in [1.82, 2.24) is 15.2 Å². The van der Waals surface area contributed by atoms with Crippen molar-refractivity contribution in [2.24, 2.45) is 0 Å². The molecule has 2 atom stereocenters. The van der Waals surface area contributed by atoms with E-state index in [1.165, 1.54) is 16.2 Å². The van der Waals surface area contributed by atoms with E-state index in [1.807, 2.05) is 6.92 Å². The molecule has 3 aromatic rings. The number of amides is 1. The first kappa shape index (κ1) is 19.4. The molecular formula is C22H18N4O4S. The molecule has 2 aliphatic heterocycles. The Morgan fingerprint density at radius 2 is 2.10 bits per heavy atom. The number of hydrogen-bond acceptors (Lipinski definition) is 8. The molecule has 0 spiro atoms. The molecule has 9 heteroatoms. The fraction of sp³-hybridized carbons (Fsp3) is 0.227. The Hall–Kier alpha value is -3.59. The number of aliphatic hydroxyl groups excluding tert-OH is 1. The van der Waals surface area contributed by atoms with Crippen molar-refractivity contribution < 1.29 is 19.4 Å². The van der Waals surface area contributed by atoms with E-state index < -0.39 is 17.7 Å². The number of aliphatic hydroxyl groups is 1. The van der Waals surface area contributed by atoms with Gasteiger partial charge in [0, 0.05) is 24.4 Å². The molecule has 5 rings (SSSR count). The first-order valence-corrected chi connectivity index (χ1v) is 10.6. The van der Waals surface area contributed by atoms with Crippen molar-refractivity contribution in [2.75, 3.05) is 4.90 Å². The van der Waals surface area contributed by atoms with Crippen LogP contribution < -0.4 is 9.64 Å². The summed E-state index contributed by atoms with van der Waals surface area (Å²) in [6.45, 7) is 3.74. The quantitative estimate of drug-likeness (QED) is 0.383. The zero-order chi connectivity index (χ0) is 21.7. The number of aryl methyl sites for hydroxylation is 1. The highest BCUT2D eigenvalue weighted by Gasteiger charge is 2.48. The lowest BCUT2D eigenvalue weighted by atomic mass is 9.95. The Labute approximate surface area is 181 Å². The van der Waals surface area contributed by atoms with E-state index in [1.54, 1.807) is 49.6 Å². The first-order chi connectivity index (χ1) is 14.9. The highest BCUT2D eigenvalue weighted by Crippen LogP contribution is 2.43. The number of hydrogen-bond donors (Lipinski definition) is 1. The number of Topliss-reactive ketones (excluding diaryl/α,β-unsaturated/α-hetero) is 1. The monoisotopic (exact) mass is 434 g/mol. The van der Waals surface area contributed by atoms with E-state index >= 15 is 0 Å². The van der Waals surface area contributed by atoms with Gasteiger partial charge < -0.3 is 9.84 Å². The third kappa shape index (κ3) is 3.17. The van der Waals surface area contributed by atoms with Gasteiger partial charge in [-0.05, 0) is 49.2 Å². The van der Waals surface area contributed by atoms with E-state index in [2.05, 4.69) is 15.2 Å². The lowest BCUT2D eigenvalue weighted by Crippen LogP contribution is -2.29. The third-order valence-electron chi connectivity index (χ3n) is 5.34. The van der Waals surface area contributed by atoms with Gasteiger partial charge in [-0.2, -0.15) is 0 Å². The van der Waals surface area contributed by atoms with Crippen molar-refractivity contribution >= 4 is 33.9 Å². The van der Waals surface area contributed by atoms with E-state index in [4.69, 9.17) is 4.74 Å². The second-order valence-corrected chi connectivity index (χ2v) is 8.67.